The number of carbonyl (C=O) groups excluding carboxylic acids is 1. The average molecular weight is 378 g/mol. The van der Waals surface area contributed by atoms with Gasteiger partial charge in [-0.2, -0.15) is 0 Å². The zero-order chi connectivity index (χ0) is 19.7. The molecule has 1 fully saturated rings. The Morgan fingerprint density at radius 3 is 2.93 bits per heavy atom. The molecule has 28 heavy (non-hydrogen) atoms. The number of rotatable bonds is 5. The van der Waals surface area contributed by atoms with Crippen LogP contribution in [0.1, 0.15) is 55.6 Å². The summed E-state index contributed by atoms with van der Waals surface area (Å²) in [4.78, 5) is 14.9. The Morgan fingerprint density at radius 1 is 1.25 bits per heavy atom. The minimum Gasteiger partial charge on any atom is -0.483 e. The van der Waals surface area contributed by atoms with E-state index in [1.54, 1.807) is 0 Å². The van der Waals surface area contributed by atoms with Crippen LogP contribution in [0.5, 0.6) is 5.75 Å². The highest BCUT2D eigenvalue weighted by molar-refractivity contribution is 5.78. The van der Waals surface area contributed by atoms with Crippen LogP contribution in [0.2, 0.25) is 0 Å². The molecule has 1 saturated heterocycles. The number of carbonyl (C=O) groups is 1. The van der Waals surface area contributed by atoms with Crippen LogP contribution in [0.25, 0.3) is 5.65 Å². The maximum atomic E-state index is 13.0. The summed E-state index contributed by atoms with van der Waals surface area (Å²) in [5.74, 6) is 1.95. The number of hydrogen-bond donors (Lipinski definition) is 0. The molecule has 1 aliphatic rings. The molecule has 4 rings (SSSR count). The number of aromatic nitrogens is 3. The van der Waals surface area contributed by atoms with Crippen LogP contribution in [0.3, 0.4) is 0 Å². The first-order valence-corrected chi connectivity index (χ1v) is 9.87. The zero-order valence-corrected chi connectivity index (χ0v) is 16.6. The highest BCUT2D eigenvalue weighted by Crippen LogP contribution is 2.32. The molecule has 1 aliphatic heterocycles. The highest BCUT2D eigenvalue weighted by atomic mass is 16.5. The second-order valence-corrected chi connectivity index (χ2v) is 7.72. The van der Waals surface area contributed by atoms with Crippen molar-refractivity contribution >= 4 is 11.6 Å². The van der Waals surface area contributed by atoms with Gasteiger partial charge in [-0.1, -0.05) is 32.0 Å². The quantitative estimate of drug-likeness (QED) is 0.675. The van der Waals surface area contributed by atoms with E-state index in [2.05, 4.69) is 36.2 Å². The Balaban J connectivity index is 1.51. The number of amides is 1. The van der Waals surface area contributed by atoms with Crippen molar-refractivity contribution in [3.05, 3.63) is 59.5 Å². The van der Waals surface area contributed by atoms with Crippen LogP contribution >= 0.6 is 0 Å². The van der Waals surface area contributed by atoms with Gasteiger partial charge in [-0.15, -0.1) is 10.2 Å². The van der Waals surface area contributed by atoms with E-state index in [0.717, 1.165) is 47.7 Å². The van der Waals surface area contributed by atoms with Crippen molar-refractivity contribution in [3.63, 3.8) is 0 Å². The van der Waals surface area contributed by atoms with E-state index in [0.29, 0.717) is 5.92 Å². The van der Waals surface area contributed by atoms with E-state index in [1.165, 1.54) is 0 Å². The molecule has 0 saturated carbocycles. The number of likely N-dealkylation sites (tertiary alicyclic amines) is 1. The lowest BCUT2D eigenvalue weighted by Crippen LogP contribution is -2.35. The largest absolute Gasteiger partial charge is 0.483 e. The van der Waals surface area contributed by atoms with Crippen molar-refractivity contribution < 1.29 is 9.53 Å². The van der Waals surface area contributed by atoms with Gasteiger partial charge in [-0.25, -0.2) is 0 Å². The minimum atomic E-state index is -0.0596. The minimum absolute atomic E-state index is 0.00797. The fourth-order valence-electron chi connectivity index (χ4n) is 3.89. The lowest BCUT2D eigenvalue weighted by atomic mass is 10.0. The third-order valence-corrected chi connectivity index (χ3v) is 5.35. The molecule has 0 bridgehead atoms. The number of nitrogens with zero attached hydrogens (tertiary/aromatic N) is 4. The summed E-state index contributed by atoms with van der Waals surface area (Å²) in [5, 5.41) is 8.59. The summed E-state index contributed by atoms with van der Waals surface area (Å²) < 4.78 is 7.94. The molecule has 6 heteroatoms. The van der Waals surface area contributed by atoms with Crippen molar-refractivity contribution in [1.82, 2.24) is 19.5 Å². The van der Waals surface area contributed by atoms with Gasteiger partial charge in [0.05, 0.1) is 6.04 Å². The van der Waals surface area contributed by atoms with Crippen molar-refractivity contribution in [1.29, 1.82) is 0 Å². The predicted octanol–water partition coefficient (Wildman–Crippen LogP) is 3.90. The lowest BCUT2D eigenvalue weighted by molar-refractivity contribution is -0.134. The molecule has 1 amide bonds. The van der Waals surface area contributed by atoms with Gasteiger partial charge < -0.3 is 9.64 Å². The van der Waals surface area contributed by atoms with Gasteiger partial charge in [-0.05, 0) is 55.0 Å². The Kier molecular flexibility index (Phi) is 5.03. The molecular weight excluding hydrogens is 352 g/mol. The average Bonchev–Trinajstić information content (AvgIpc) is 3.32. The monoisotopic (exact) mass is 378 g/mol. The van der Waals surface area contributed by atoms with E-state index in [9.17, 15) is 4.79 Å². The first-order valence-electron chi connectivity index (χ1n) is 9.87. The first kappa shape index (κ1) is 18.5. The SMILES string of the molecule is Cc1ccc(C(C)C)c(OCC(=O)N2CCC[C@@H]2c2nnc3ccccn23)c1. The fraction of sp³-hybridized carbons (Fsp3) is 0.409. The van der Waals surface area contributed by atoms with Crippen LogP contribution in [0.4, 0.5) is 0 Å². The smallest absolute Gasteiger partial charge is 0.261 e. The Hall–Kier alpha value is -2.89. The number of ether oxygens (including phenoxy) is 1. The summed E-state index contributed by atoms with van der Waals surface area (Å²) >= 11 is 0. The summed E-state index contributed by atoms with van der Waals surface area (Å²) in [6.07, 6.45) is 3.80. The van der Waals surface area contributed by atoms with Crippen molar-refractivity contribution in [3.8, 4) is 5.75 Å². The van der Waals surface area contributed by atoms with Crippen molar-refractivity contribution in [2.24, 2.45) is 0 Å². The van der Waals surface area contributed by atoms with E-state index in [1.807, 2.05) is 46.7 Å². The molecule has 0 radical (unpaired) electrons. The van der Waals surface area contributed by atoms with Gasteiger partial charge in [0.25, 0.3) is 5.91 Å². The molecule has 1 aromatic carbocycles. The van der Waals surface area contributed by atoms with Crippen LogP contribution in [-0.4, -0.2) is 38.6 Å². The molecule has 3 aromatic rings. The number of benzene rings is 1. The van der Waals surface area contributed by atoms with E-state index < -0.39 is 0 Å². The number of fused-ring (bicyclic) bond motifs is 1. The van der Waals surface area contributed by atoms with Crippen molar-refractivity contribution in [2.45, 2.75) is 45.6 Å². The second-order valence-electron chi connectivity index (χ2n) is 7.72. The number of hydrogen-bond acceptors (Lipinski definition) is 4. The predicted molar refractivity (Wildman–Crippen MR) is 107 cm³/mol. The molecule has 3 heterocycles. The molecule has 146 valence electrons. The molecule has 0 aliphatic carbocycles. The first-order chi connectivity index (χ1) is 13.5. The summed E-state index contributed by atoms with van der Waals surface area (Å²) in [6, 6.07) is 11.9. The third kappa shape index (κ3) is 3.46. The van der Waals surface area contributed by atoms with E-state index >= 15 is 0 Å². The third-order valence-electron chi connectivity index (χ3n) is 5.35. The molecule has 0 unspecified atom stereocenters. The maximum Gasteiger partial charge on any atom is 0.261 e. The molecular formula is C22H26N4O2. The Bertz CT molecular complexity index is 995. The number of aryl methyl sites for hydroxylation is 1. The number of pyridine rings is 1. The standard InChI is InChI=1S/C22H26N4O2/c1-15(2)17-10-9-16(3)13-19(17)28-14-21(27)25-12-6-7-18(25)22-24-23-20-8-4-5-11-26(20)22/h4-5,8-11,13,15,18H,6-7,12,14H2,1-3H3/t18-/m1/s1. The van der Waals surface area contributed by atoms with E-state index in [4.69, 9.17) is 4.74 Å². The van der Waals surface area contributed by atoms with Gasteiger partial charge in [-0.3, -0.25) is 9.20 Å². The maximum absolute atomic E-state index is 13.0. The fourth-order valence-corrected chi connectivity index (χ4v) is 3.89. The van der Waals surface area contributed by atoms with Crippen LogP contribution in [0.15, 0.2) is 42.6 Å². The Labute approximate surface area is 165 Å². The van der Waals surface area contributed by atoms with Gasteiger partial charge in [0.15, 0.2) is 18.1 Å². The van der Waals surface area contributed by atoms with E-state index in [-0.39, 0.29) is 18.6 Å². The topological polar surface area (TPSA) is 59.7 Å². The molecule has 0 spiro atoms. The van der Waals surface area contributed by atoms with Gasteiger partial charge in [0.1, 0.15) is 5.75 Å². The second kappa shape index (κ2) is 7.62. The van der Waals surface area contributed by atoms with Crippen LogP contribution < -0.4 is 4.74 Å². The molecule has 2 aromatic heterocycles. The van der Waals surface area contributed by atoms with Crippen LogP contribution in [-0.2, 0) is 4.79 Å². The van der Waals surface area contributed by atoms with Gasteiger partial charge >= 0.3 is 0 Å². The summed E-state index contributed by atoms with van der Waals surface area (Å²) in [7, 11) is 0. The van der Waals surface area contributed by atoms with Gasteiger partial charge in [0, 0.05) is 12.7 Å². The van der Waals surface area contributed by atoms with Gasteiger partial charge in [0.2, 0.25) is 0 Å². The zero-order valence-electron chi connectivity index (χ0n) is 16.6. The molecule has 1 atom stereocenters. The normalized spacial score (nSPS) is 16.9. The van der Waals surface area contributed by atoms with Crippen molar-refractivity contribution in [2.75, 3.05) is 13.2 Å². The molecule has 0 N–H and O–H groups in total. The summed E-state index contributed by atoms with van der Waals surface area (Å²) in [5.41, 5.74) is 3.05. The van der Waals surface area contributed by atoms with Crippen LogP contribution in [0, 0.1) is 6.92 Å². The highest BCUT2D eigenvalue weighted by Gasteiger charge is 2.33. The molecule has 6 nitrogen and oxygen atoms in total. The summed E-state index contributed by atoms with van der Waals surface area (Å²) in [6.45, 7) is 7.06. The Morgan fingerprint density at radius 2 is 2.11 bits per heavy atom. The lowest BCUT2D eigenvalue weighted by Gasteiger charge is -2.24.